The fourth-order valence-electron chi connectivity index (χ4n) is 1.44. The first-order valence-electron chi connectivity index (χ1n) is 4.45. The summed E-state index contributed by atoms with van der Waals surface area (Å²) in [4.78, 5) is 10.8. The van der Waals surface area contributed by atoms with E-state index in [0.29, 0.717) is 5.92 Å². The number of carbonyl (C=O) groups excluding carboxylic acids is 1. The number of hydrogen-bond acceptors (Lipinski definition) is 1. The Kier molecular flexibility index (Phi) is 2.92. The zero-order valence-corrected chi connectivity index (χ0v) is 7.39. The summed E-state index contributed by atoms with van der Waals surface area (Å²) in [6, 6.07) is 0. The van der Waals surface area contributed by atoms with E-state index in [9.17, 15) is 4.79 Å². The lowest BCUT2D eigenvalue weighted by molar-refractivity contribution is -0.119. The topological polar surface area (TPSA) is 29.1 Å². The molecule has 0 aromatic rings. The van der Waals surface area contributed by atoms with Gasteiger partial charge in [-0.2, -0.15) is 0 Å². The molecule has 64 valence electrons. The molecule has 1 saturated heterocycles. The predicted molar refractivity (Wildman–Crippen MR) is 45.2 cm³/mol. The molecule has 1 heterocycles. The van der Waals surface area contributed by atoms with E-state index in [1.165, 1.54) is 12.8 Å². The van der Waals surface area contributed by atoms with Gasteiger partial charge in [0.1, 0.15) is 0 Å². The normalized spacial score (nSPS) is 24.3. The number of carbonyl (C=O) groups is 1. The Morgan fingerprint density at radius 3 is 2.82 bits per heavy atom. The van der Waals surface area contributed by atoms with Gasteiger partial charge in [-0.3, -0.25) is 4.79 Å². The molecule has 1 aliphatic heterocycles. The quantitative estimate of drug-likeness (QED) is 0.658. The lowest BCUT2D eigenvalue weighted by Crippen LogP contribution is -2.13. The van der Waals surface area contributed by atoms with Gasteiger partial charge in [-0.1, -0.05) is 20.3 Å². The van der Waals surface area contributed by atoms with E-state index in [2.05, 4.69) is 19.2 Å². The molecule has 0 unspecified atom stereocenters. The van der Waals surface area contributed by atoms with Gasteiger partial charge in [0.05, 0.1) is 0 Å². The average molecular weight is 155 g/mol. The van der Waals surface area contributed by atoms with Crippen molar-refractivity contribution in [3.05, 3.63) is 0 Å². The van der Waals surface area contributed by atoms with Crippen molar-refractivity contribution in [2.24, 2.45) is 11.8 Å². The standard InChI is InChI=1S/C9H17NO/c1-7(2)3-4-8-5-9(11)10-6-8/h7-8H,3-6H2,1-2H3,(H,10,11)/t8-/m1/s1. The largest absolute Gasteiger partial charge is 0.356 e. The molecule has 0 aromatic heterocycles. The zero-order valence-electron chi connectivity index (χ0n) is 7.39. The van der Waals surface area contributed by atoms with Crippen LogP contribution in [0.15, 0.2) is 0 Å². The van der Waals surface area contributed by atoms with Crippen molar-refractivity contribution >= 4 is 5.91 Å². The highest BCUT2D eigenvalue weighted by atomic mass is 16.1. The lowest BCUT2D eigenvalue weighted by atomic mass is 9.97. The lowest BCUT2D eigenvalue weighted by Gasteiger charge is -2.08. The third kappa shape index (κ3) is 2.91. The van der Waals surface area contributed by atoms with Gasteiger partial charge < -0.3 is 5.32 Å². The van der Waals surface area contributed by atoms with Crippen LogP contribution in [-0.4, -0.2) is 12.5 Å². The summed E-state index contributed by atoms with van der Waals surface area (Å²) in [5.41, 5.74) is 0. The summed E-state index contributed by atoms with van der Waals surface area (Å²) in [7, 11) is 0. The van der Waals surface area contributed by atoms with Crippen molar-refractivity contribution in [1.29, 1.82) is 0 Å². The van der Waals surface area contributed by atoms with E-state index in [0.717, 1.165) is 18.9 Å². The van der Waals surface area contributed by atoms with Crippen LogP contribution in [-0.2, 0) is 4.79 Å². The van der Waals surface area contributed by atoms with Crippen LogP contribution in [0.1, 0.15) is 33.1 Å². The number of hydrogen-bond donors (Lipinski definition) is 1. The summed E-state index contributed by atoms with van der Waals surface area (Å²) < 4.78 is 0. The molecule has 0 aromatic carbocycles. The second-order valence-electron chi connectivity index (χ2n) is 3.85. The van der Waals surface area contributed by atoms with E-state index in [1.807, 2.05) is 0 Å². The third-order valence-corrected chi connectivity index (χ3v) is 2.21. The molecule has 0 bridgehead atoms. The Labute approximate surface area is 68.4 Å². The molecular formula is C9H17NO. The fraction of sp³-hybridized carbons (Fsp3) is 0.889. The monoisotopic (exact) mass is 155 g/mol. The highest BCUT2D eigenvalue weighted by Gasteiger charge is 2.20. The molecule has 2 heteroatoms. The van der Waals surface area contributed by atoms with Gasteiger partial charge >= 0.3 is 0 Å². The average Bonchev–Trinajstić information content (AvgIpc) is 2.31. The predicted octanol–water partition coefficient (Wildman–Crippen LogP) is 1.56. The molecule has 1 rings (SSSR count). The second-order valence-corrected chi connectivity index (χ2v) is 3.85. The maximum Gasteiger partial charge on any atom is 0.220 e. The van der Waals surface area contributed by atoms with Crippen molar-refractivity contribution in [2.45, 2.75) is 33.1 Å². The number of nitrogens with one attached hydrogen (secondary N) is 1. The Balaban J connectivity index is 2.13. The van der Waals surface area contributed by atoms with Crippen LogP contribution in [0, 0.1) is 11.8 Å². The van der Waals surface area contributed by atoms with Gasteiger partial charge in [0.25, 0.3) is 0 Å². The molecule has 1 fully saturated rings. The minimum absolute atomic E-state index is 0.235. The second kappa shape index (κ2) is 3.74. The van der Waals surface area contributed by atoms with Crippen LogP contribution in [0.2, 0.25) is 0 Å². The summed E-state index contributed by atoms with van der Waals surface area (Å²) in [6.07, 6.45) is 3.21. The van der Waals surface area contributed by atoms with Gasteiger partial charge in [0.15, 0.2) is 0 Å². The molecular weight excluding hydrogens is 138 g/mol. The molecule has 0 radical (unpaired) electrons. The SMILES string of the molecule is CC(C)CC[C@H]1CNC(=O)C1. The maximum atomic E-state index is 10.8. The Morgan fingerprint density at radius 2 is 2.36 bits per heavy atom. The Morgan fingerprint density at radius 1 is 1.64 bits per heavy atom. The van der Waals surface area contributed by atoms with Gasteiger partial charge in [0, 0.05) is 13.0 Å². The van der Waals surface area contributed by atoms with Crippen LogP contribution in [0.25, 0.3) is 0 Å². The van der Waals surface area contributed by atoms with Crippen LogP contribution in [0.5, 0.6) is 0 Å². The summed E-state index contributed by atoms with van der Waals surface area (Å²) in [5, 5.41) is 2.85. The first kappa shape index (κ1) is 8.57. The van der Waals surface area contributed by atoms with Crippen molar-refractivity contribution < 1.29 is 4.79 Å². The van der Waals surface area contributed by atoms with E-state index in [1.54, 1.807) is 0 Å². The summed E-state index contributed by atoms with van der Waals surface area (Å²) in [6.45, 7) is 5.36. The fourth-order valence-corrected chi connectivity index (χ4v) is 1.44. The third-order valence-electron chi connectivity index (χ3n) is 2.21. The number of amides is 1. The Hall–Kier alpha value is -0.530. The van der Waals surface area contributed by atoms with Crippen molar-refractivity contribution in [3.63, 3.8) is 0 Å². The van der Waals surface area contributed by atoms with Gasteiger partial charge in [-0.25, -0.2) is 0 Å². The van der Waals surface area contributed by atoms with Crippen molar-refractivity contribution in [3.8, 4) is 0 Å². The summed E-state index contributed by atoms with van der Waals surface area (Å²) >= 11 is 0. The molecule has 1 atom stereocenters. The van der Waals surface area contributed by atoms with E-state index in [-0.39, 0.29) is 5.91 Å². The van der Waals surface area contributed by atoms with E-state index >= 15 is 0 Å². The molecule has 1 aliphatic rings. The summed E-state index contributed by atoms with van der Waals surface area (Å²) in [5.74, 6) is 1.62. The highest BCUT2D eigenvalue weighted by Crippen LogP contribution is 2.18. The van der Waals surface area contributed by atoms with Gasteiger partial charge in [-0.05, 0) is 18.3 Å². The van der Waals surface area contributed by atoms with Crippen LogP contribution >= 0.6 is 0 Å². The molecule has 2 nitrogen and oxygen atoms in total. The minimum atomic E-state index is 0.235. The minimum Gasteiger partial charge on any atom is -0.356 e. The molecule has 0 saturated carbocycles. The van der Waals surface area contributed by atoms with Gasteiger partial charge in [0.2, 0.25) is 5.91 Å². The van der Waals surface area contributed by atoms with Crippen LogP contribution < -0.4 is 5.32 Å². The molecule has 0 spiro atoms. The van der Waals surface area contributed by atoms with E-state index < -0.39 is 0 Å². The molecule has 0 aliphatic carbocycles. The van der Waals surface area contributed by atoms with Crippen molar-refractivity contribution in [2.75, 3.05) is 6.54 Å². The number of rotatable bonds is 3. The first-order valence-corrected chi connectivity index (χ1v) is 4.45. The van der Waals surface area contributed by atoms with Crippen LogP contribution in [0.3, 0.4) is 0 Å². The zero-order chi connectivity index (χ0) is 8.27. The Bertz CT molecular complexity index is 142. The molecule has 1 N–H and O–H groups in total. The maximum absolute atomic E-state index is 10.8. The van der Waals surface area contributed by atoms with E-state index in [4.69, 9.17) is 0 Å². The molecule has 1 amide bonds. The van der Waals surface area contributed by atoms with Crippen LogP contribution in [0.4, 0.5) is 0 Å². The molecule has 11 heavy (non-hydrogen) atoms. The highest BCUT2D eigenvalue weighted by molar-refractivity contribution is 5.78. The van der Waals surface area contributed by atoms with Gasteiger partial charge in [-0.15, -0.1) is 0 Å². The van der Waals surface area contributed by atoms with Crippen molar-refractivity contribution in [1.82, 2.24) is 5.32 Å². The smallest absolute Gasteiger partial charge is 0.220 e. The first-order chi connectivity index (χ1) is 5.18.